The summed E-state index contributed by atoms with van der Waals surface area (Å²) in [6.45, 7) is 8.48. The van der Waals surface area contributed by atoms with Crippen molar-refractivity contribution in [3.63, 3.8) is 0 Å². The second-order valence-corrected chi connectivity index (χ2v) is 6.11. The van der Waals surface area contributed by atoms with Gasteiger partial charge in [-0.1, -0.05) is 32.9 Å². The Morgan fingerprint density at radius 2 is 2.11 bits per heavy atom. The minimum atomic E-state index is 0.185. The second kappa shape index (κ2) is 5.75. The summed E-state index contributed by atoms with van der Waals surface area (Å²) in [4.78, 5) is 0. The predicted octanol–water partition coefficient (Wildman–Crippen LogP) is 3.41. The molecule has 18 heavy (non-hydrogen) atoms. The van der Waals surface area contributed by atoms with E-state index in [9.17, 15) is 0 Å². The standard InChI is InChI=1S/C16H25NO/c1-4-13-6-5-7-15(10-13)18-12-16(2,3)11-17-14-8-9-14/h5-7,10,14,17H,4,8-9,11-12H2,1-3H3. The number of ether oxygens (including phenoxy) is 1. The van der Waals surface area contributed by atoms with Crippen molar-refractivity contribution in [1.29, 1.82) is 0 Å². The maximum Gasteiger partial charge on any atom is 0.119 e. The molecule has 0 radical (unpaired) electrons. The van der Waals surface area contributed by atoms with Crippen molar-refractivity contribution >= 4 is 0 Å². The van der Waals surface area contributed by atoms with E-state index in [1.54, 1.807) is 0 Å². The molecule has 0 spiro atoms. The van der Waals surface area contributed by atoms with Gasteiger partial charge in [-0.05, 0) is 37.0 Å². The molecule has 1 N–H and O–H groups in total. The van der Waals surface area contributed by atoms with Gasteiger partial charge in [0, 0.05) is 18.0 Å². The van der Waals surface area contributed by atoms with Crippen LogP contribution in [-0.4, -0.2) is 19.2 Å². The molecule has 1 aromatic rings. The number of rotatable bonds is 7. The van der Waals surface area contributed by atoms with E-state index in [1.165, 1.54) is 18.4 Å². The number of nitrogens with one attached hydrogen (secondary N) is 1. The van der Waals surface area contributed by atoms with Gasteiger partial charge in [0.15, 0.2) is 0 Å². The third-order valence-corrected chi connectivity index (χ3v) is 3.38. The number of hydrogen-bond acceptors (Lipinski definition) is 2. The molecule has 100 valence electrons. The van der Waals surface area contributed by atoms with E-state index in [0.29, 0.717) is 0 Å². The quantitative estimate of drug-likeness (QED) is 0.797. The Labute approximate surface area is 111 Å². The van der Waals surface area contributed by atoms with Gasteiger partial charge in [0.1, 0.15) is 5.75 Å². The highest BCUT2D eigenvalue weighted by molar-refractivity contribution is 5.28. The molecule has 0 unspecified atom stereocenters. The fourth-order valence-electron chi connectivity index (χ4n) is 1.89. The third kappa shape index (κ3) is 4.34. The molecule has 1 aliphatic rings. The van der Waals surface area contributed by atoms with Crippen molar-refractivity contribution in [3.8, 4) is 5.75 Å². The molecule has 1 fully saturated rings. The Morgan fingerprint density at radius 3 is 2.78 bits per heavy atom. The normalized spacial score (nSPS) is 15.7. The lowest BCUT2D eigenvalue weighted by atomic mass is 9.95. The molecule has 2 nitrogen and oxygen atoms in total. The molecule has 0 bridgehead atoms. The van der Waals surface area contributed by atoms with Crippen molar-refractivity contribution in [2.24, 2.45) is 5.41 Å². The monoisotopic (exact) mass is 247 g/mol. The molecule has 0 heterocycles. The minimum Gasteiger partial charge on any atom is -0.493 e. The van der Waals surface area contributed by atoms with Crippen LogP contribution < -0.4 is 10.1 Å². The van der Waals surface area contributed by atoms with E-state index in [4.69, 9.17) is 4.74 Å². The Hall–Kier alpha value is -1.02. The molecule has 1 saturated carbocycles. The van der Waals surface area contributed by atoms with Crippen molar-refractivity contribution < 1.29 is 4.74 Å². The van der Waals surface area contributed by atoms with Crippen LogP contribution in [-0.2, 0) is 6.42 Å². The molecule has 0 amide bonds. The van der Waals surface area contributed by atoms with Crippen LogP contribution in [0.5, 0.6) is 5.75 Å². The third-order valence-electron chi connectivity index (χ3n) is 3.38. The molecule has 0 aromatic heterocycles. The number of aryl methyl sites for hydroxylation is 1. The zero-order valence-corrected chi connectivity index (χ0v) is 11.8. The zero-order valence-electron chi connectivity index (χ0n) is 11.8. The van der Waals surface area contributed by atoms with Crippen LogP contribution in [0.25, 0.3) is 0 Å². The summed E-state index contributed by atoms with van der Waals surface area (Å²) in [6.07, 6.45) is 3.74. The van der Waals surface area contributed by atoms with E-state index in [-0.39, 0.29) is 5.41 Å². The van der Waals surface area contributed by atoms with E-state index in [2.05, 4.69) is 44.3 Å². The van der Waals surface area contributed by atoms with E-state index in [1.807, 2.05) is 6.07 Å². The van der Waals surface area contributed by atoms with E-state index in [0.717, 1.165) is 31.4 Å². The summed E-state index contributed by atoms with van der Waals surface area (Å²) >= 11 is 0. The number of benzene rings is 1. The van der Waals surface area contributed by atoms with Gasteiger partial charge < -0.3 is 10.1 Å². The van der Waals surface area contributed by atoms with Crippen molar-refractivity contribution in [1.82, 2.24) is 5.32 Å². The maximum atomic E-state index is 5.93. The molecule has 0 aliphatic heterocycles. The van der Waals surface area contributed by atoms with Crippen molar-refractivity contribution in [3.05, 3.63) is 29.8 Å². The van der Waals surface area contributed by atoms with Crippen LogP contribution >= 0.6 is 0 Å². The molecule has 1 aliphatic carbocycles. The fourth-order valence-corrected chi connectivity index (χ4v) is 1.89. The first-order valence-corrected chi connectivity index (χ1v) is 7.04. The first-order valence-electron chi connectivity index (χ1n) is 7.04. The van der Waals surface area contributed by atoms with Crippen LogP contribution in [0.1, 0.15) is 39.2 Å². The molecular weight excluding hydrogens is 222 g/mol. The average Bonchev–Trinajstić information content (AvgIpc) is 3.19. The summed E-state index contributed by atoms with van der Waals surface area (Å²) < 4.78 is 5.93. The van der Waals surface area contributed by atoms with E-state index >= 15 is 0 Å². The summed E-state index contributed by atoms with van der Waals surface area (Å²) in [5.41, 5.74) is 1.52. The Balaban J connectivity index is 1.80. The first-order chi connectivity index (χ1) is 8.59. The van der Waals surface area contributed by atoms with Crippen molar-refractivity contribution in [2.75, 3.05) is 13.2 Å². The largest absolute Gasteiger partial charge is 0.493 e. The smallest absolute Gasteiger partial charge is 0.119 e. The Morgan fingerprint density at radius 1 is 1.33 bits per heavy atom. The molecular formula is C16H25NO. The molecule has 0 saturated heterocycles. The highest BCUT2D eigenvalue weighted by Crippen LogP contribution is 2.23. The first kappa shape index (κ1) is 13.4. The highest BCUT2D eigenvalue weighted by atomic mass is 16.5. The van der Waals surface area contributed by atoms with Crippen LogP contribution in [0.2, 0.25) is 0 Å². The van der Waals surface area contributed by atoms with Gasteiger partial charge in [0.25, 0.3) is 0 Å². The minimum absolute atomic E-state index is 0.185. The SMILES string of the molecule is CCc1cccc(OCC(C)(C)CNC2CC2)c1. The maximum absolute atomic E-state index is 5.93. The molecule has 2 heteroatoms. The second-order valence-electron chi connectivity index (χ2n) is 6.11. The summed E-state index contributed by atoms with van der Waals surface area (Å²) in [7, 11) is 0. The topological polar surface area (TPSA) is 21.3 Å². The predicted molar refractivity (Wildman–Crippen MR) is 76.1 cm³/mol. The van der Waals surface area contributed by atoms with Crippen LogP contribution in [0.15, 0.2) is 24.3 Å². The Kier molecular flexibility index (Phi) is 4.28. The van der Waals surface area contributed by atoms with Gasteiger partial charge >= 0.3 is 0 Å². The van der Waals surface area contributed by atoms with Gasteiger partial charge in [-0.25, -0.2) is 0 Å². The summed E-state index contributed by atoms with van der Waals surface area (Å²) in [5, 5.41) is 3.58. The highest BCUT2D eigenvalue weighted by Gasteiger charge is 2.25. The van der Waals surface area contributed by atoms with Gasteiger partial charge in [-0.2, -0.15) is 0 Å². The lowest BCUT2D eigenvalue weighted by Gasteiger charge is -2.25. The van der Waals surface area contributed by atoms with Gasteiger partial charge in [0.05, 0.1) is 6.61 Å². The van der Waals surface area contributed by atoms with Crippen molar-refractivity contribution in [2.45, 2.75) is 46.1 Å². The number of hydrogen-bond donors (Lipinski definition) is 1. The molecule has 0 atom stereocenters. The summed E-state index contributed by atoms with van der Waals surface area (Å²) in [5.74, 6) is 0.994. The van der Waals surface area contributed by atoms with Crippen LogP contribution in [0.3, 0.4) is 0 Å². The van der Waals surface area contributed by atoms with Gasteiger partial charge in [-0.3, -0.25) is 0 Å². The van der Waals surface area contributed by atoms with Crippen LogP contribution in [0, 0.1) is 5.41 Å². The molecule has 2 rings (SSSR count). The lowest BCUT2D eigenvalue weighted by Crippen LogP contribution is -2.35. The van der Waals surface area contributed by atoms with Gasteiger partial charge in [-0.15, -0.1) is 0 Å². The lowest BCUT2D eigenvalue weighted by molar-refractivity contribution is 0.176. The Bertz CT molecular complexity index is 382. The average molecular weight is 247 g/mol. The fraction of sp³-hybridized carbons (Fsp3) is 0.625. The van der Waals surface area contributed by atoms with E-state index < -0.39 is 0 Å². The van der Waals surface area contributed by atoms with Gasteiger partial charge in [0.2, 0.25) is 0 Å². The van der Waals surface area contributed by atoms with Crippen LogP contribution in [0.4, 0.5) is 0 Å². The molecule has 1 aromatic carbocycles. The zero-order chi connectivity index (χ0) is 13.0. The summed E-state index contributed by atoms with van der Waals surface area (Å²) in [6, 6.07) is 9.18.